The minimum atomic E-state index is -0.294. The van der Waals surface area contributed by atoms with Crippen molar-refractivity contribution in [2.24, 2.45) is 0 Å². The van der Waals surface area contributed by atoms with Crippen molar-refractivity contribution >= 4 is 34.2 Å². The van der Waals surface area contributed by atoms with Crippen LogP contribution in [0.25, 0.3) is 10.9 Å². The van der Waals surface area contributed by atoms with Gasteiger partial charge in [0, 0.05) is 36.0 Å². The van der Waals surface area contributed by atoms with Crippen molar-refractivity contribution in [3.63, 3.8) is 0 Å². The average Bonchev–Trinajstić information content (AvgIpc) is 2.64. The molecule has 1 heterocycles. The molecule has 0 fully saturated rings. The fourth-order valence-electron chi connectivity index (χ4n) is 2.66. The van der Waals surface area contributed by atoms with E-state index in [9.17, 15) is 14.4 Å². The average molecular weight is 369 g/mol. The van der Waals surface area contributed by atoms with Gasteiger partial charge in [-0.2, -0.15) is 0 Å². The zero-order valence-electron chi connectivity index (χ0n) is 13.9. The Morgan fingerprint density at radius 1 is 1.00 bits per heavy atom. The summed E-state index contributed by atoms with van der Waals surface area (Å²) in [5.74, 6) is -0.479. The molecule has 3 aromatic rings. The second-order valence-electron chi connectivity index (χ2n) is 5.89. The summed E-state index contributed by atoms with van der Waals surface area (Å²) in [6, 6.07) is 15.9. The molecule has 5 nitrogen and oxygen atoms in total. The maximum atomic E-state index is 12.1. The fourth-order valence-corrected chi connectivity index (χ4v) is 2.90. The number of para-hydroxylation sites is 1. The van der Waals surface area contributed by atoms with E-state index in [2.05, 4.69) is 10.3 Å². The van der Waals surface area contributed by atoms with Gasteiger partial charge in [0.2, 0.25) is 5.91 Å². The molecule has 6 heteroatoms. The predicted octanol–water partition coefficient (Wildman–Crippen LogP) is 3.46. The maximum absolute atomic E-state index is 12.1. The van der Waals surface area contributed by atoms with Gasteiger partial charge in [-0.15, -0.1) is 0 Å². The van der Waals surface area contributed by atoms with Crippen LogP contribution in [0.1, 0.15) is 28.8 Å². The smallest absolute Gasteiger partial charge is 0.253 e. The third-order valence-corrected chi connectivity index (χ3v) is 4.39. The largest absolute Gasteiger partial charge is 0.352 e. The summed E-state index contributed by atoms with van der Waals surface area (Å²) in [4.78, 5) is 39.0. The van der Waals surface area contributed by atoms with E-state index in [0.29, 0.717) is 16.1 Å². The molecule has 0 aliphatic rings. The minimum Gasteiger partial charge on any atom is -0.352 e. The van der Waals surface area contributed by atoms with Crippen molar-refractivity contribution in [1.82, 2.24) is 10.3 Å². The number of benzene rings is 2. The van der Waals surface area contributed by atoms with Crippen molar-refractivity contribution < 1.29 is 9.59 Å². The van der Waals surface area contributed by atoms with Crippen molar-refractivity contribution in [2.45, 2.75) is 19.4 Å². The van der Waals surface area contributed by atoms with E-state index >= 15 is 0 Å². The van der Waals surface area contributed by atoms with Gasteiger partial charge in [-0.1, -0.05) is 41.9 Å². The Morgan fingerprint density at radius 2 is 1.73 bits per heavy atom. The molecule has 0 bridgehead atoms. The maximum Gasteiger partial charge on any atom is 0.253 e. The van der Waals surface area contributed by atoms with Crippen LogP contribution in [-0.2, 0) is 11.3 Å². The van der Waals surface area contributed by atoms with E-state index in [1.165, 1.54) is 0 Å². The lowest BCUT2D eigenvalue weighted by Crippen LogP contribution is -2.27. The van der Waals surface area contributed by atoms with Crippen molar-refractivity contribution in [2.75, 3.05) is 0 Å². The quantitative estimate of drug-likeness (QED) is 0.654. The number of aromatic amines is 1. The van der Waals surface area contributed by atoms with Gasteiger partial charge >= 0.3 is 0 Å². The fraction of sp³-hybridized carbons (Fsp3) is 0.150. The predicted molar refractivity (Wildman–Crippen MR) is 101 cm³/mol. The standard InChI is InChI=1S/C20H17ClN2O3/c21-16-7-3-2-6-15(16)18(24)9-10-19(25)22-12-14-11-13-5-1-4-8-17(13)23-20(14)26/h1-8,11H,9-10,12H2,(H,22,25)(H,23,26). The third kappa shape index (κ3) is 4.18. The Labute approximate surface area is 155 Å². The highest BCUT2D eigenvalue weighted by Crippen LogP contribution is 2.17. The van der Waals surface area contributed by atoms with Crippen LogP contribution in [-0.4, -0.2) is 16.7 Å². The molecule has 0 spiro atoms. The molecule has 1 aromatic heterocycles. The Morgan fingerprint density at radius 3 is 2.54 bits per heavy atom. The second-order valence-corrected chi connectivity index (χ2v) is 6.30. The Hall–Kier alpha value is -2.92. The van der Waals surface area contributed by atoms with Crippen molar-refractivity contribution in [1.29, 1.82) is 0 Å². The van der Waals surface area contributed by atoms with E-state index in [-0.39, 0.29) is 36.6 Å². The van der Waals surface area contributed by atoms with Crippen LogP contribution in [0.4, 0.5) is 0 Å². The number of hydrogen-bond acceptors (Lipinski definition) is 3. The number of nitrogens with one attached hydrogen (secondary N) is 2. The molecular weight excluding hydrogens is 352 g/mol. The number of carbonyl (C=O) groups excluding carboxylic acids is 2. The molecule has 2 N–H and O–H groups in total. The number of fused-ring (bicyclic) bond motifs is 1. The molecule has 0 saturated carbocycles. The monoisotopic (exact) mass is 368 g/mol. The number of amides is 1. The zero-order chi connectivity index (χ0) is 18.5. The van der Waals surface area contributed by atoms with Crippen molar-refractivity contribution in [3.05, 3.63) is 81.1 Å². The molecular formula is C20H17ClN2O3. The number of pyridine rings is 1. The van der Waals surface area contributed by atoms with Crippen LogP contribution < -0.4 is 10.9 Å². The summed E-state index contributed by atoms with van der Waals surface area (Å²) >= 11 is 5.98. The molecule has 0 unspecified atom stereocenters. The van der Waals surface area contributed by atoms with Crippen LogP contribution >= 0.6 is 11.6 Å². The first-order valence-corrected chi connectivity index (χ1v) is 8.58. The Bertz CT molecular complexity index is 1030. The topological polar surface area (TPSA) is 79.0 Å². The first kappa shape index (κ1) is 17.9. The summed E-state index contributed by atoms with van der Waals surface area (Å²) in [5.41, 5.74) is 1.39. The molecule has 0 saturated heterocycles. The minimum absolute atomic E-state index is 0.0372. The Kier molecular flexibility index (Phi) is 5.49. The van der Waals surface area contributed by atoms with Gasteiger partial charge in [0.05, 0.1) is 5.02 Å². The molecule has 0 aliphatic heterocycles. The molecule has 132 valence electrons. The summed E-state index contributed by atoms with van der Waals surface area (Å²) in [6.07, 6.45) is 0.0964. The molecule has 0 atom stereocenters. The van der Waals surface area contributed by atoms with Crippen LogP contribution in [0.3, 0.4) is 0 Å². The lowest BCUT2D eigenvalue weighted by atomic mass is 10.1. The Balaban J connectivity index is 1.58. The van der Waals surface area contributed by atoms with Crippen LogP contribution in [0.5, 0.6) is 0 Å². The molecule has 3 rings (SSSR count). The normalized spacial score (nSPS) is 10.7. The van der Waals surface area contributed by atoms with Gasteiger partial charge in [-0.3, -0.25) is 14.4 Å². The van der Waals surface area contributed by atoms with E-state index in [1.54, 1.807) is 30.3 Å². The van der Waals surface area contributed by atoms with Gasteiger partial charge in [-0.05, 0) is 29.7 Å². The lowest BCUT2D eigenvalue weighted by molar-refractivity contribution is -0.121. The van der Waals surface area contributed by atoms with Gasteiger partial charge in [-0.25, -0.2) is 0 Å². The summed E-state index contributed by atoms with van der Waals surface area (Å²) in [5, 5.41) is 3.95. The SMILES string of the molecule is O=C(CCC(=O)c1ccccc1Cl)NCc1cc2ccccc2[nH]c1=O. The highest BCUT2D eigenvalue weighted by atomic mass is 35.5. The number of carbonyl (C=O) groups is 2. The third-order valence-electron chi connectivity index (χ3n) is 4.06. The van der Waals surface area contributed by atoms with E-state index in [0.717, 1.165) is 10.9 Å². The van der Waals surface area contributed by atoms with E-state index in [1.807, 2.05) is 24.3 Å². The van der Waals surface area contributed by atoms with Crippen LogP contribution in [0, 0.1) is 0 Å². The van der Waals surface area contributed by atoms with Crippen molar-refractivity contribution in [3.8, 4) is 0 Å². The van der Waals surface area contributed by atoms with E-state index in [4.69, 9.17) is 11.6 Å². The summed E-state index contributed by atoms with van der Waals surface area (Å²) < 4.78 is 0. The number of rotatable bonds is 6. The number of aromatic nitrogens is 1. The van der Waals surface area contributed by atoms with Crippen LogP contribution in [0.15, 0.2) is 59.4 Å². The second kappa shape index (κ2) is 7.97. The van der Waals surface area contributed by atoms with Gasteiger partial charge < -0.3 is 10.3 Å². The van der Waals surface area contributed by atoms with Gasteiger partial charge in [0.25, 0.3) is 5.56 Å². The number of Topliss-reactive ketones (excluding diaryl/α,β-unsaturated/α-hetero) is 1. The molecule has 2 aromatic carbocycles. The van der Waals surface area contributed by atoms with Gasteiger partial charge in [0.15, 0.2) is 5.78 Å². The highest BCUT2D eigenvalue weighted by molar-refractivity contribution is 6.34. The first-order chi connectivity index (χ1) is 12.5. The molecule has 1 amide bonds. The molecule has 26 heavy (non-hydrogen) atoms. The number of hydrogen-bond donors (Lipinski definition) is 2. The molecule has 0 radical (unpaired) electrons. The number of halogens is 1. The lowest BCUT2D eigenvalue weighted by Gasteiger charge is -2.07. The zero-order valence-corrected chi connectivity index (χ0v) is 14.7. The highest BCUT2D eigenvalue weighted by Gasteiger charge is 2.12. The molecule has 0 aliphatic carbocycles. The first-order valence-electron chi connectivity index (χ1n) is 8.20. The number of H-pyrrole nitrogens is 1. The van der Waals surface area contributed by atoms with Crippen LogP contribution in [0.2, 0.25) is 5.02 Å². The number of ketones is 1. The van der Waals surface area contributed by atoms with Gasteiger partial charge in [0.1, 0.15) is 0 Å². The van der Waals surface area contributed by atoms with E-state index < -0.39 is 0 Å². The summed E-state index contributed by atoms with van der Waals surface area (Å²) in [7, 11) is 0. The summed E-state index contributed by atoms with van der Waals surface area (Å²) in [6.45, 7) is 0.110.